The number of urea groups is 1. The molecule has 0 aliphatic carbocycles. The molecule has 3 N–H and O–H groups in total. The number of ether oxygens (including phenoxy) is 1. The van der Waals surface area contributed by atoms with Crippen molar-refractivity contribution < 1.29 is 19.1 Å². The number of benzene rings is 1. The maximum Gasteiger partial charge on any atom is 0.319 e. The minimum absolute atomic E-state index is 0.0641. The van der Waals surface area contributed by atoms with Crippen LogP contribution in [0.2, 0.25) is 0 Å². The number of nitrogens with zero attached hydrogens (tertiary/aromatic N) is 1. The van der Waals surface area contributed by atoms with Gasteiger partial charge in [0.25, 0.3) is 0 Å². The number of carbonyl (C=O) groups excluding carboxylic acids is 3. The minimum Gasteiger partial charge on any atom is -0.497 e. The number of methoxy groups -OCH3 is 1. The van der Waals surface area contributed by atoms with E-state index in [0.717, 1.165) is 0 Å². The molecule has 0 radical (unpaired) electrons. The van der Waals surface area contributed by atoms with Gasteiger partial charge in [0.2, 0.25) is 11.8 Å². The zero-order valence-electron chi connectivity index (χ0n) is 14.2. The summed E-state index contributed by atoms with van der Waals surface area (Å²) < 4.78 is 5.07. The van der Waals surface area contributed by atoms with Crippen LogP contribution in [0, 0.1) is 0 Å². The van der Waals surface area contributed by atoms with Crippen molar-refractivity contribution in [3.05, 3.63) is 24.3 Å². The van der Waals surface area contributed by atoms with Gasteiger partial charge in [-0.05, 0) is 44.0 Å². The fourth-order valence-electron chi connectivity index (χ4n) is 3.26. The van der Waals surface area contributed by atoms with Crippen LogP contribution in [0.25, 0.3) is 0 Å². The smallest absolute Gasteiger partial charge is 0.319 e. The van der Waals surface area contributed by atoms with E-state index < -0.39 is 12.1 Å². The Morgan fingerprint density at radius 3 is 2.68 bits per heavy atom. The summed E-state index contributed by atoms with van der Waals surface area (Å²) in [5.74, 6) is 0.487. The third kappa shape index (κ3) is 3.67. The zero-order chi connectivity index (χ0) is 18.0. The maximum absolute atomic E-state index is 12.2. The van der Waals surface area contributed by atoms with Gasteiger partial charge in [0.15, 0.2) is 0 Å². The predicted octanol–water partition coefficient (Wildman–Crippen LogP) is 0.695. The van der Waals surface area contributed by atoms with E-state index in [1.807, 2.05) is 0 Å². The average Bonchev–Trinajstić information content (AvgIpc) is 2.60. The van der Waals surface area contributed by atoms with Crippen molar-refractivity contribution in [2.24, 2.45) is 0 Å². The molecular weight excluding hydrogens is 324 g/mol. The highest BCUT2D eigenvalue weighted by Crippen LogP contribution is 2.22. The fourth-order valence-corrected chi connectivity index (χ4v) is 3.26. The van der Waals surface area contributed by atoms with E-state index in [4.69, 9.17) is 4.74 Å². The van der Waals surface area contributed by atoms with Gasteiger partial charge in [-0.1, -0.05) is 0 Å². The largest absolute Gasteiger partial charge is 0.497 e. The van der Waals surface area contributed by atoms with Crippen LogP contribution in [0.4, 0.5) is 10.5 Å². The van der Waals surface area contributed by atoms with Crippen LogP contribution >= 0.6 is 0 Å². The molecule has 0 unspecified atom stereocenters. The topological polar surface area (TPSA) is 99.8 Å². The van der Waals surface area contributed by atoms with Gasteiger partial charge in [-0.25, -0.2) is 4.79 Å². The summed E-state index contributed by atoms with van der Waals surface area (Å²) in [5, 5.41) is 8.31. The first-order valence-corrected chi connectivity index (χ1v) is 8.30. The van der Waals surface area contributed by atoms with Crippen LogP contribution in [0.15, 0.2) is 24.3 Å². The molecule has 25 heavy (non-hydrogen) atoms. The molecular formula is C17H22N4O4. The van der Waals surface area contributed by atoms with Crippen molar-refractivity contribution in [1.82, 2.24) is 15.5 Å². The number of hydrogen-bond donors (Lipinski definition) is 3. The number of carbonyl (C=O) groups is 3. The number of hydrogen-bond acceptors (Lipinski definition) is 4. The van der Waals surface area contributed by atoms with E-state index in [-0.39, 0.29) is 23.9 Å². The molecule has 2 aliphatic heterocycles. The molecule has 2 saturated heterocycles. The van der Waals surface area contributed by atoms with Crippen molar-refractivity contribution in [1.29, 1.82) is 0 Å². The van der Waals surface area contributed by atoms with E-state index in [9.17, 15) is 14.4 Å². The van der Waals surface area contributed by atoms with Crippen molar-refractivity contribution in [2.45, 2.75) is 37.9 Å². The molecule has 3 atom stereocenters. The first kappa shape index (κ1) is 17.1. The molecule has 3 rings (SSSR count). The number of amides is 4. The Kier molecular flexibility index (Phi) is 4.78. The summed E-state index contributed by atoms with van der Waals surface area (Å²) in [5.41, 5.74) is 0.648. The number of anilines is 1. The molecule has 0 aromatic heterocycles. The molecule has 0 saturated carbocycles. The van der Waals surface area contributed by atoms with Gasteiger partial charge < -0.3 is 25.6 Å². The molecule has 0 spiro atoms. The van der Waals surface area contributed by atoms with Crippen LogP contribution in [0.1, 0.15) is 19.8 Å². The van der Waals surface area contributed by atoms with E-state index in [1.165, 1.54) is 0 Å². The summed E-state index contributed by atoms with van der Waals surface area (Å²) in [6.07, 6.45) is 1.04. The summed E-state index contributed by atoms with van der Waals surface area (Å²) in [7, 11) is 1.58. The number of rotatable bonds is 3. The van der Waals surface area contributed by atoms with Crippen molar-refractivity contribution >= 4 is 23.5 Å². The molecule has 2 heterocycles. The van der Waals surface area contributed by atoms with Crippen LogP contribution in [0.3, 0.4) is 0 Å². The lowest BCUT2D eigenvalue weighted by molar-refractivity contribution is -0.151. The Bertz CT molecular complexity index is 676. The summed E-state index contributed by atoms with van der Waals surface area (Å²) in [6.45, 7) is 2.15. The highest BCUT2D eigenvalue weighted by Gasteiger charge is 2.42. The van der Waals surface area contributed by atoms with Gasteiger partial charge in [-0.15, -0.1) is 0 Å². The van der Waals surface area contributed by atoms with Gasteiger partial charge in [0.1, 0.15) is 17.8 Å². The van der Waals surface area contributed by atoms with Crippen molar-refractivity contribution in [2.75, 3.05) is 19.0 Å². The van der Waals surface area contributed by atoms with Crippen LogP contribution in [-0.4, -0.2) is 54.5 Å². The summed E-state index contributed by atoms with van der Waals surface area (Å²) >= 11 is 0. The second-order valence-corrected chi connectivity index (χ2v) is 6.33. The Morgan fingerprint density at radius 1 is 1.28 bits per heavy atom. The van der Waals surface area contributed by atoms with Crippen LogP contribution in [0.5, 0.6) is 5.75 Å². The molecule has 8 nitrogen and oxygen atoms in total. The fraction of sp³-hybridized carbons (Fsp3) is 0.471. The number of piperazine rings is 1. The normalized spacial score (nSPS) is 25.7. The first-order chi connectivity index (χ1) is 12.0. The second-order valence-electron chi connectivity index (χ2n) is 6.33. The van der Waals surface area contributed by atoms with Gasteiger partial charge in [0, 0.05) is 18.3 Å². The third-order valence-corrected chi connectivity index (χ3v) is 4.60. The van der Waals surface area contributed by atoms with Gasteiger partial charge >= 0.3 is 6.03 Å². The van der Waals surface area contributed by atoms with Gasteiger partial charge in [0.05, 0.1) is 7.11 Å². The minimum atomic E-state index is -0.510. The molecule has 2 aliphatic rings. The molecule has 4 amide bonds. The highest BCUT2D eigenvalue weighted by molar-refractivity contribution is 5.97. The lowest BCUT2D eigenvalue weighted by Gasteiger charge is -2.43. The monoisotopic (exact) mass is 346 g/mol. The van der Waals surface area contributed by atoms with Crippen molar-refractivity contribution in [3.63, 3.8) is 0 Å². The molecule has 1 aromatic carbocycles. The lowest BCUT2D eigenvalue weighted by atomic mass is 9.93. The van der Waals surface area contributed by atoms with Crippen LogP contribution in [-0.2, 0) is 9.59 Å². The Hall–Kier alpha value is -2.77. The van der Waals surface area contributed by atoms with E-state index in [1.54, 1.807) is 43.2 Å². The number of piperidine rings is 1. The molecule has 1 aromatic rings. The quantitative estimate of drug-likeness (QED) is 0.750. The standard InChI is InChI=1S/C17H22N4O4/c1-10-16(23)21-8-7-12(9-14(21)15(22)18-10)20-17(24)19-11-3-5-13(25-2)6-4-11/h3-6,10,12,14H,7-9H2,1-2H3,(H,18,22)(H2,19,20,24)/t10-,12-,14-/m0/s1. The molecule has 0 bridgehead atoms. The Labute approximate surface area is 145 Å². The van der Waals surface area contributed by atoms with Gasteiger partial charge in [-0.3, -0.25) is 9.59 Å². The van der Waals surface area contributed by atoms with Crippen LogP contribution < -0.4 is 20.7 Å². The highest BCUT2D eigenvalue weighted by atomic mass is 16.5. The van der Waals surface area contributed by atoms with E-state index >= 15 is 0 Å². The molecule has 134 valence electrons. The third-order valence-electron chi connectivity index (χ3n) is 4.60. The maximum atomic E-state index is 12.2. The summed E-state index contributed by atoms with van der Waals surface area (Å²) in [4.78, 5) is 38.0. The summed E-state index contributed by atoms with van der Waals surface area (Å²) in [6, 6.07) is 5.52. The lowest BCUT2D eigenvalue weighted by Crippen LogP contribution is -2.66. The van der Waals surface area contributed by atoms with E-state index in [0.29, 0.717) is 30.8 Å². The zero-order valence-corrected chi connectivity index (χ0v) is 14.2. The van der Waals surface area contributed by atoms with Crippen molar-refractivity contribution in [3.8, 4) is 5.75 Å². The van der Waals surface area contributed by atoms with Gasteiger partial charge in [-0.2, -0.15) is 0 Å². The van der Waals surface area contributed by atoms with E-state index in [2.05, 4.69) is 16.0 Å². The first-order valence-electron chi connectivity index (χ1n) is 8.30. The average molecular weight is 346 g/mol. The molecule has 2 fully saturated rings. The number of nitrogens with one attached hydrogen (secondary N) is 3. The Balaban J connectivity index is 1.56. The second kappa shape index (κ2) is 7.00. The Morgan fingerprint density at radius 2 is 2.00 bits per heavy atom. The number of fused-ring (bicyclic) bond motifs is 1. The molecule has 8 heteroatoms. The predicted molar refractivity (Wildman–Crippen MR) is 91.3 cm³/mol. The SMILES string of the molecule is COc1ccc(NC(=O)N[C@H]2CCN3C(=O)[C@H](C)NC(=O)[C@@H]3C2)cc1.